The van der Waals surface area contributed by atoms with Crippen LogP contribution in [0.4, 0.5) is 4.39 Å². The molecule has 2 saturated heterocycles. The van der Waals surface area contributed by atoms with Crippen LogP contribution in [0.3, 0.4) is 0 Å². The lowest BCUT2D eigenvalue weighted by Crippen LogP contribution is -2.46. The van der Waals surface area contributed by atoms with E-state index in [-0.39, 0.29) is 17.6 Å². The summed E-state index contributed by atoms with van der Waals surface area (Å²) in [6.07, 6.45) is 5.66. The number of nitrogens with zero attached hydrogens (tertiary/aromatic N) is 4. The van der Waals surface area contributed by atoms with Crippen LogP contribution in [0.2, 0.25) is 0 Å². The summed E-state index contributed by atoms with van der Waals surface area (Å²) in [6, 6.07) is 3.78. The second-order valence-electron chi connectivity index (χ2n) is 7.58. The van der Waals surface area contributed by atoms with Crippen LogP contribution in [0.1, 0.15) is 41.7 Å². The second kappa shape index (κ2) is 7.94. The lowest BCUT2D eigenvalue weighted by molar-refractivity contribution is 0.0294. The highest BCUT2D eigenvalue weighted by atomic mass is 19.1. The van der Waals surface area contributed by atoms with Gasteiger partial charge in [-0.3, -0.25) is 14.1 Å². The van der Waals surface area contributed by atoms with E-state index in [9.17, 15) is 9.18 Å². The van der Waals surface area contributed by atoms with E-state index < -0.39 is 5.95 Å². The number of pyridine rings is 1. The molecule has 0 bridgehead atoms. The van der Waals surface area contributed by atoms with Gasteiger partial charge in [-0.05, 0) is 44.2 Å². The summed E-state index contributed by atoms with van der Waals surface area (Å²) < 4.78 is 21.6. The number of piperidine rings is 1. The number of hydrogen-bond acceptors (Lipinski definition) is 4. The quantitative estimate of drug-likeness (QED) is 0.825. The zero-order valence-electron chi connectivity index (χ0n) is 15.9. The molecular weight excluding hydrogens is 347 g/mol. The van der Waals surface area contributed by atoms with E-state index in [1.807, 2.05) is 17.9 Å². The first-order valence-electron chi connectivity index (χ1n) is 9.89. The maximum atomic E-state index is 14.8. The molecule has 2 fully saturated rings. The average molecular weight is 374 g/mol. The summed E-state index contributed by atoms with van der Waals surface area (Å²) in [7, 11) is 0. The highest BCUT2D eigenvalue weighted by molar-refractivity contribution is 5.93. The number of hydrogen-bond donors (Lipinski definition) is 0. The van der Waals surface area contributed by atoms with Crippen LogP contribution in [0.5, 0.6) is 0 Å². The number of fused-ring (bicyclic) bond motifs is 1. The van der Waals surface area contributed by atoms with Crippen molar-refractivity contribution in [2.24, 2.45) is 0 Å². The second-order valence-corrected chi connectivity index (χ2v) is 7.58. The first-order valence-corrected chi connectivity index (χ1v) is 9.89. The Morgan fingerprint density at radius 1 is 1.26 bits per heavy atom. The third-order valence-electron chi connectivity index (χ3n) is 5.68. The van der Waals surface area contributed by atoms with E-state index >= 15 is 0 Å². The van der Waals surface area contributed by atoms with Crippen molar-refractivity contribution >= 4 is 11.6 Å². The van der Waals surface area contributed by atoms with Crippen molar-refractivity contribution < 1.29 is 13.9 Å². The molecule has 2 aliphatic rings. The molecule has 0 spiro atoms. The third kappa shape index (κ3) is 3.84. The van der Waals surface area contributed by atoms with Crippen molar-refractivity contribution in [3.63, 3.8) is 0 Å². The highest BCUT2D eigenvalue weighted by Gasteiger charge is 2.31. The molecule has 4 heterocycles. The molecule has 7 heteroatoms. The standard InChI is InChI=1S/C20H27FN4O2/c1-15-5-6-17-22-18(19(21)25(17)14-15)20(26)24-8-3-2-4-16(24)7-9-23-10-12-27-13-11-23/h5-6,14,16H,2-4,7-13H2,1H3. The minimum absolute atomic E-state index is 0.0566. The normalized spacial score (nSPS) is 21.7. The molecule has 27 heavy (non-hydrogen) atoms. The number of aryl methyl sites for hydroxylation is 1. The number of carbonyl (C=O) groups excluding carboxylic acids is 1. The van der Waals surface area contributed by atoms with E-state index in [1.54, 1.807) is 12.3 Å². The van der Waals surface area contributed by atoms with Gasteiger partial charge in [0.15, 0.2) is 5.69 Å². The van der Waals surface area contributed by atoms with Crippen molar-refractivity contribution in [2.45, 2.75) is 38.6 Å². The van der Waals surface area contributed by atoms with Gasteiger partial charge in [0, 0.05) is 38.4 Å². The number of amides is 1. The molecule has 4 rings (SSSR count). The Kier molecular flexibility index (Phi) is 5.41. The molecule has 0 aromatic carbocycles. The van der Waals surface area contributed by atoms with Crippen LogP contribution in [-0.4, -0.2) is 70.5 Å². The molecule has 0 N–H and O–H groups in total. The molecule has 2 aromatic rings. The summed E-state index contributed by atoms with van der Waals surface area (Å²) in [4.78, 5) is 21.6. The fourth-order valence-electron chi connectivity index (χ4n) is 4.12. The highest BCUT2D eigenvalue weighted by Crippen LogP contribution is 2.24. The fourth-order valence-corrected chi connectivity index (χ4v) is 4.12. The number of aromatic nitrogens is 2. The SMILES string of the molecule is Cc1ccc2nc(C(=O)N3CCCCC3CCN3CCOCC3)c(F)n2c1. The maximum absolute atomic E-state index is 14.8. The summed E-state index contributed by atoms with van der Waals surface area (Å²) >= 11 is 0. The summed E-state index contributed by atoms with van der Waals surface area (Å²) in [5.41, 5.74) is 1.35. The van der Waals surface area contributed by atoms with Gasteiger partial charge in [0.2, 0.25) is 5.95 Å². The lowest BCUT2D eigenvalue weighted by Gasteiger charge is -2.37. The Morgan fingerprint density at radius 3 is 2.89 bits per heavy atom. The number of imidazole rings is 1. The molecule has 1 atom stereocenters. The third-order valence-corrected chi connectivity index (χ3v) is 5.68. The van der Waals surface area contributed by atoms with Gasteiger partial charge in [-0.1, -0.05) is 6.07 Å². The Labute approximate surface area is 158 Å². The van der Waals surface area contributed by atoms with Gasteiger partial charge in [0.25, 0.3) is 5.91 Å². The Hall–Kier alpha value is -1.99. The zero-order chi connectivity index (χ0) is 18.8. The van der Waals surface area contributed by atoms with Gasteiger partial charge < -0.3 is 9.64 Å². The van der Waals surface area contributed by atoms with Crippen LogP contribution >= 0.6 is 0 Å². The fraction of sp³-hybridized carbons (Fsp3) is 0.600. The molecule has 146 valence electrons. The number of morpholine rings is 1. The van der Waals surface area contributed by atoms with Gasteiger partial charge in [0.05, 0.1) is 13.2 Å². The minimum atomic E-state index is -0.559. The van der Waals surface area contributed by atoms with Crippen molar-refractivity contribution in [3.8, 4) is 0 Å². The van der Waals surface area contributed by atoms with E-state index in [2.05, 4.69) is 9.88 Å². The molecule has 0 saturated carbocycles. The summed E-state index contributed by atoms with van der Waals surface area (Å²) in [5.74, 6) is -0.836. The number of carbonyl (C=O) groups is 1. The van der Waals surface area contributed by atoms with Crippen LogP contribution in [0, 0.1) is 12.9 Å². The average Bonchev–Trinajstić information content (AvgIpc) is 3.03. The van der Waals surface area contributed by atoms with Crippen LogP contribution in [0.25, 0.3) is 5.65 Å². The summed E-state index contributed by atoms with van der Waals surface area (Å²) in [5, 5.41) is 0. The molecule has 2 aliphatic heterocycles. The van der Waals surface area contributed by atoms with Crippen molar-refractivity contribution in [1.82, 2.24) is 19.2 Å². The largest absolute Gasteiger partial charge is 0.379 e. The number of rotatable bonds is 4. The monoisotopic (exact) mass is 374 g/mol. The van der Waals surface area contributed by atoms with E-state index in [0.717, 1.165) is 64.1 Å². The zero-order valence-corrected chi connectivity index (χ0v) is 15.9. The van der Waals surface area contributed by atoms with Gasteiger partial charge in [-0.15, -0.1) is 0 Å². The van der Waals surface area contributed by atoms with Gasteiger partial charge >= 0.3 is 0 Å². The van der Waals surface area contributed by atoms with Crippen molar-refractivity contribution in [1.29, 1.82) is 0 Å². The van der Waals surface area contributed by atoms with Crippen LogP contribution in [-0.2, 0) is 4.74 Å². The van der Waals surface area contributed by atoms with E-state index in [0.29, 0.717) is 12.2 Å². The van der Waals surface area contributed by atoms with E-state index in [1.165, 1.54) is 4.40 Å². The van der Waals surface area contributed by atoms with Crippen LogP contribution < -0.4 is 0 Å². The Morgan fingerprint density at radius 2 is 2.07 bits per heavy atom. The Balaban J connectivity index is 1.51. The number of ether oxygens (including phenoxy) is 1. The molecular formula is C20H27FN4O2. The Bertz CT molecular complexity index is 816. The number of likely N-dealkylation sites (tertiary alicyclic amines) is 1. The van der Waals surface area contributed by atoms with Crippen molar-refractivity contribution in [3.05, 3.63) is 35.5 Å². The van der Waals surface area contributed by atoms with Gasteiger partial charge in [-0.25, -0.2) is 4.98 Å². The molecule has 2 aromatic heterocycles. The summed E-state index contributed by atoms with van der Waals surface area (Å²) in [6.45, 7) is 6.97. The predicted octanol–water partition coefficient (Wildman–Crippen LogP) is 2.50. The lowest BCUT2D eigenvalue weighted by atomic mass is 9.98. The molecule has 0 radical (unpaired) electrons. The first kappa shape index (κ1) is 18.4. The van der Waals surface area contributed by atoms with Crippen molar-refractivity contribution in [2.75, 3.05) is 39.4 Å². The molecule has 1 amide bonds. The topological polar surface area (TPSA) is 50.1 Å². The van der Waals surface area contributed by atoms with Crippen LogP contribution in [0.15, 0.2) is 18.3 Å². The van der Waals surface area contributed by atoms with Gasteiger partial charge in [0.1, 0.15) is 5.65 Å². The predicted molar refractivity (Wildman–Crippen MR) is 100 cm³/mol. The number of halogens is 1. The first-order chi connectivity index (χ1) is 13.1. The molecule has 0 aliphatic carbocycles. The minimum Gasteiger partial charge on any atom is -0.379 e. The maximum Gasteiger partial charge on any atom is 0.277 e. The smallest absolute Gasteiger partial charge is 0.277 e. The molecule has 6 nitrogen and oxygen atoms in total. The van der Waals surface area contributed by atoms with Gasteiger partial charge in [-0.2, -0.15) is 4.39 Å². The molecule has 1 unspecified atom stereocenters. The van der Waals surface area contributed by atoms with E-state index in [4.69, 9.17) is 4.74 Å².